The van der Waals surface area contributed by atoms with Gasteiger partial charge >= 0.3 is 0 Å². The van der Waals surface area contributed by atoms with Crippen LogP contribution in [-0.2, 0) is 4.79 Å². The van der Waals surface area contributed by atoms with Crippen LogP contribution in [0.15, 0.2) is 34.7 Å². The average Bonchev–Trinajstić information content (AvgIpc) is 3.32. The summed E-state index contributed by atoms with van der Waals surface area (Å²) in [7, 11) is 0. The van der Waals surface area contributed by atoms with E-state index in [0.717, 1.165) is 38.0 Å². The van der Waals surface area contributed by atoms with E-state index in [9.17, 15) is 4.79 Å². The molecule has 2 atom stereocenters. The van der Waals surface area contributed by atoms with Crippen molar-refractivity contribution < 1.29 is 9.21 Å². The van der Waals surface area contributed by atoms with Crippen LogP contribution < -0.4 is 0 Å². The Labute approximate surface area is 148 Å². The number of nitrogens with zero attached hydrogens (tertiary/aromatic N) is 4. The molecule has 1 aromatic heterocycles. The number of rotatable bonds is 6. The zero-order valence-electron chi connectivity index (χ0n) is 15.2. The number of aromatic nitrogens is 2. The molecule has 0 aliphatic carbocycles. The first-order valence-corrected chi connectivity index (χ1v) is 9.09. The Hall–Kier alpha value is -2.21. The maximum Gasteiger partial charge on any atom is 0.247 e. The molecule has 134 valence electrons. The highest BCUT2D eigenvalue weighted by molar-refractivity contribution is 5.82. The number of carbonyl (C=O) groups is 1. The molecule has 0 bridgehead atoms. The number of hydrogen-bond donors (Lipinski definition) is 0. The van der Waals surface area contributed by atoms with Crippen LogP contribution in [0.5, 0.6) is 0 Å². The smallest absolute Gasteiger partial charge is 0.247 e. The largest absolute Gasteiger partial charge is 0.419 e. The van der Waals surface area contributed by atoms with Crippen LogP contribution in [0.3, 0.4) is 0 Å². The molecule has 1 aliphatic rings. The molecule has 1 fully saturated rings. The summed E-state index contributed by atoms with van der Waals surface area (Å²) in [6.07, 6.45) is 1.90. The third-order valence-electron chi connectivity index (χ3n) is 4.97. The second-order valence-electron chi connectivity index (χ2n) is 6.39. The van der Waals surface area contributed by atoms with Gasteiger partial charge in [-0.15, -0.1) is 10.2 Å². The monoisotopic (exact) mass is 342 g/mol. The molecular formula is C19H26N4O2. The fraction of sp³-hybridized carbons (Fsp3) is 0.526. The number of benzene rings is 1. The molecule has 2 aromatic rings. The number of amides is 1. The van der Waals surface area contributed by atoms with Crippen molar-refractivity contribution in [1.82, 2.24) is 20.0 Å². The lowest BCUT2D eigenvalue weighted by Gasteiger charge is -2.31. The molecule has 0 radical (unpaired) electrons. The number of hydrogen-bond acceptors (Lipinski definition) is 5. The molecule has 1 amide bonds. The minimum Gasteiger partial charge on any atom is -0.419 e. The summed E-state index contributed by atoms with van der Waals surface area (Å²) in [5.74, 6) is 1.29. The van der Waals surface area contributed by atoms with Gasteiger partial charge < -0.3 is 9.32 Å². The fourth-order valence-corrected chi connectivity index (χ4v) is 3.51. The van der Waals surface area contributed by atoms with Crippen LogP contribution in [0.1, 0.15) is 45.5 Å². The summed E-state index contributed by atoms with van der Waals surface area (Å²) < 4.78 is 5.90. The molecule has 6 nitrogen and oxygen atoms in total. The highest BCUT2D eigenvalue weighted by Gasteiger charge is 2.37. The van der Waals surface area contributed by atoms with E-state index in [1.807, 2.05) is 56.0 Å². The maximum atomic E-state index is 12.8. The predicted molar refractivity (Wildman–Crippen MR) is 95.8 cm³/mol. The van der Waals surface area contributed by atoms with E-state index in [0.29, 0.717) is 11.8 Å². The molecule has 6 heteroatoms. The van der Waals surface area contributed by atoms with Crippen molar-refractivity contribution in [3.63, 3.8) is 0 Å². The topological polar surface area (TPSA) is 62.5 Å². The van der Waals surface area contributed by atoms with Gasteiger partial charge in [-0.05, 0) is 52.3 Å². The SMILES string of the molecule is CCN(CC)C(=O)[C@H]1CCCN1[C@@H](C)c1nnc(-c2ccccc2)o1. The third kappa shape index (κ3) is 3.58. The zero-order valence-corrected chi connectivity index (χ0v) is 15.2. The van der Waals surface area contributed by atoms with Crippen molar-refractivity contribution in [2.24, 2.45) is 0 Å². The molecule has 25 heavy (non-hydrogen) atoms. The highest BCUT2D eigenvalue weighted by Crippen LogP contribution is 2.31. The first-order valence-electron chi connectivity index (χ1n) is 9.09. The highest BCUT2D eigenvalue weighted by atomic mass is 16.4. The van der Waals surface area contributed by atoms with E-state index in [1.54, 1.807) is 0 Å². The van der Waals surface area contributed by atoms with Gasteiger partial charge in [0.05, 0.1) is 12.1 Å². The van der Waals surface area contributed by atoms with Crippen LogP contribution in [0.4, 0.5) is 0 Å². The lowest BCUT2D eigenvalue weighted by atomic mass is 10.1. The van der Waals surface area contributed by atoms with Crippen LogP contribution in [0.25, 0.3) is 11.5 Å². The van der Waals surface area contributed by atoms with Crippen LogP contribution in [0.2, 0.25) is 0 Å². The van der Waals surface area contributed by atoms with E-state index in [-0.39, 0.29) is 18.0 Å². The van der Waals surface area contributed by atoms with Gasteiger partial charge in [0.25, 0.3) is 0 Å². The van der Waals surface area contributed by atoms with Crippen molar-refractivity contribution in [3.8, 4) is 11.5 Å². The molecule has 0 saturated carbocycles. The van der Waals surface area contributed by atoms with Gasteiger partial charge in [-0.2, -0.15) is 0 Å². The number of likely N-dealkylation sites (tertiary alicyclic amines) is 1. The van der Waals surface area contributed by atoms with Gasteiger partial charge in [-0.3, -0.25) is 9.69 Å². The Kier molecular flexibility index (Phi) is 5.48. The van der Waals surface area contributed by atoms with E-state index in [2.05, 4.69) is 15.1 Å². The molecule has 0 N–H and O–H groups in total. The molecule has 1 saturated heterocycles. The summed E-state index contributed by atoms with van der Waals surface area (Å²) in [5.41, 5.74) is 0.908. The minimum atomic E-state index is -0.0954. The van der Waals surface area contributed by atoms with Crippen molar-refractivity contribution in [2.45, 2.75) is 45.7 Å². The average molecular weight is 342 g/mol. The summed E-state index contributed by atoms with van der Waals surface area (Å²) in [6, 6.07) is 9.58. The molecule has 2 heterocycles. The van der Waals surface area contributed by atoms with Gasteiger partial charge in [0.15, 0.2) is 0 Å². The van der Waals surface area contributed by atoms with E-state index in [1.165, 1.54) is 0 Å². The van der Waals surface area contributed by atoms with E-state index in [4.69, 9.17) is 4.42 Å². The van der Waals surface area contributed by atoms with Crippen molar-refractivity contribution in [1.29, 1.82) is 0 Å². The van der Waals surface area contributed by atoms with Crippen molar-refractivity contribution in [2.75, 3.05) is 19.6 Å². The summed E-state index contributed by atoms with van der Waals surface area (Å²) >= 11 is 0. The van der Waals surface area contributed by atoms with E-state index < -0.39 is 0 Å². The Morgan fingerprint density at radius 1 is 1.28 bits per heavy atom. The lowest BCUT2D eigenvalue weighted by Crippen LogP contribution is -2.46. The normalized spacial score (nSPS) is 19.1. The zero-order chi connectivity index (χ0) is 17.8. The molecular weight excluding hydrogens is 316 g/mol. The van der Waals surface area contributed by atoms with Crippen LogP contribution in [0, 0.1) is 0 Å². The van der Waals surface area contributed by atoms with Gasteiger partial charge in [0.1, 0.15) is 0 Å². The third-order valence-corrected chi connectivity index (χ3v) is 4.97. The standard InChI is InChI=1S/C19H26N4O2/c1-4-22(5-2)19(24)16-12-9-13-23(16)14(3)17-20-21-18(25-17)15-10-7-6-8-11-15/h6-8,10-11,14,16H,4-5,9,12-13H2,1-3H3/t14-,16+/m0/s1. The van der Waals surface area contributed by atoms with Crippen LogP contribution >= 0.6 is 0 Å². The summed E-state index contributed by atoms with van der Waals surface area (Å²) in [5, 5.41) is 8.41. The molecule has 1 aromatic carbocycles. The Morgan fingerprint density at radius 3 is 2.68 bits per heavy atom. The van der Waals surface area contributed by atoms with E-state index >= 15 is 0 Å². The molecule has 0 unspecified atom stereocenters. The summed E-state index contributed by atoms with van der Waals surface area (Å²) in [4.78, 5) is 16.9. The first kappa shape index (κ1) is 17.6. The lowest BCUT2D eigenvalue weighted by molar-refractivity contribution is -0.136. The predicted octanol–water partition coefficient (Wildman–Crippen LogP) is 3.13. The summed E-state index contributed by atoms with van der Waals surface area (Å²) in [6.45, 7) is 8.44. The van der Waals surface area contributed by atoms with Crippen LogP contribution in [-0.4, -0.2) is 51.6 Å². The molecule has 0 spiro atoms. The van der Waals surface area contributed by atoms with Gasteiger partial charge in [0.2, 0.25) is 17.7 Å². The number of likely N-dealkylation sites (N-methyl/N-ethyl adjacent to an activating group) is 1. The number of carbonyl (C=O) groups excluding carboxylic acids is 1. The Balaban J connectivity index is 1.77. The second-order valence-corrected chi connectivity index (χ2v) is 6.39. The first-order chi connectivity index (χ1) is 12.2. The quantitative estimate of drug-likeness (QED) is 0.807. The fourth-order valence-electron chi connectivity index (χ4n) is 3.51. The Morgan fingerprint density at radius 2 is 2.00 bits per heavy atom. The Bertz CT molecular complexity index is 696. The van der Waals surface area contributed by atoms with Gasteiger partial charge in [-0.1, -0.05) is 18.2 Å². The second kappa shape index (κ2) is 7.78. The maximum absolute atomic E-state index is 12.8. The minimum absolute atomic E-state index is 0.0722. The van der Waals surface area contributed by atoms with Crippen molar-refractivity contribution >= 4 is 5.91 Å². The molecule has 3 rings (SSSR count). The molecule has 1 aliphatic heterocycles. The van der Waals surface area contributed by atoms with Gasteiger partial charge in [-0.25, -0.2) is 0 Å². The van der Waals surface area contributed by atoms with Crippen molar-refractivity contribution in [3.05, 3.63) is 36.2 Å². The van der Waals surface area contributed by atoms with Gasteiger partial charge in [0, 0.05) is 18.7 Å².